The van der Waals surface area contributed by atoms with Crippen LogP contribution in [0.4, 0.5) is 0 Å². The maximum Gasteiger partial charge on any atom is 0.255 e. The van der Waals surface area contributed by atoms with Gasteiger partial charge in [0, 0.05) is 11.9 Å². The van der Waals surface area contributed by atoms with E-state index >= 15 is 0 Å². The number of carbonyl (C=O) groups is 1. The summed E-state index contributed by atoms with van der Waals surface area (Å²) in [5.41, 5.74) is 4.03. The minimum absolute atomic E-state index is 0.0745. The molecule has 0 fully saturated rings. The molecule has 1 heterocycles. The summed E-state index contributed by atoms with van der Waals surface area (Å²) in [5.74, 6) is 0.841. The predicted molar refractivity (Wildman–Crippen MR) is 108 cm³/mol. The Balaban J connectivity index is 1.50. The number of nitrogens with zero attached hydrogens (tertiary/aromatic N) is 1. The number of aliphatic hydroxyl groups is 1. The number of benzene rings is 2. The van der Waals surface area contributed by atoms with E-state index in [9.17, 15) is 9.90 Å². The number of amides is 1. The Morgan fingerprint density at radius 2 is 2.07 bits per heavy atom. The van der Waals surface area contributed by atoms with Crippen molar-refractivity contribution >= 4 is 17.2 Å². The quantitative estimate of drug-likeness (QED) is 0.579. The van der Waals surface area contributed by atoms with Crippen molar-refractivity contribution in [3.8, 4) is 11.5 Å². The summed E-state index contributed by atoms with van der Waals surface area (Å²) in [4.78, 5) is 16.7. The number of thiazole rings is 1. The molecule has 0 aliphatic carbocycles. The SMILES string of the molecule is Cc1cccc(OCC(O)CNC(=O)c2ccccc2OCc2cscn2)c1. The Bertz CT molecular complexity index is 899. The summed E-state index contributed by atoms with van der Waals surface area (Å²) in [6, 6.07) is 14.6. The fraction of sp³-hybridized carbons (Fsp3) is 0.238. The van der Waals surface area contributed by atoms with Crippen molar-refractivity contribution in [1.29, 1.82) is 0 Å². The van der Waals surface area contributed by atoms with Crippen LogP contribution in [0.5, 0.6) is 11.5 Å². The molecule has 2 N–H and O–H groups in total. The van der Waals surface area contributed by atoms with Crippen LogP contribution in [0.15, 0.2) is 59.4 Å². The first-order valence-corrected chi connectivity index (χ1v) is 9.80. The van der Waals surface area contributed by atoms with Crippen LogP contribution in [0.25, 0.3) is 0 Å². The fourth-order valence-corrected chi connectivity index (χ4v) is 3.05. The average molecular weight is 398 g/mol. The Morgan fingerprint density at radius 1 is 1.21 bits per heavy atom. The van der Waals surface area contributed by atoms with Crippen LogP contribution in [0.2, 0.25) is 0 Å². The number of aromatic nitrogens is 1. The van der Waals surface area contributed by atoms with Gasteiger partial charge in [-0.2, -0.15) is 0 Å². The summed E-state index contributed by atoms with van der Waals surface area (Å²) >= 11 is 1.49. The number of ether oxygens (including phenoxy) is 2. The van der Waals surface area contributed by atoms with Crippen molar-refractivity contribution in [3.63, 3.8) is 0 Å². The number of rotatable bonds is 9. The van der Waals surface area contributed by atoms with Crippen molar-refractivity contribution < 1.29 is 19.4 Å². The van der Waals surface area contributed by atoms with E-state index in [-0.39, 0.29) is 19.1 Å². The number of nitrogens with one attached hydrogen (secondary N) is 1. The van der Waals surface area contributed by atoms with Crippen molar-refractivity contribution in [2.24, 2.45) is 0 Å². The van der Waals surface area contributed by atoms with Crippen LogP contribution in [-0.4, -0.2) is 35.3 Å². The van der Waals surface area contributed by atoms with Crippen molar-refractivity contribution in [2.45, 2.75) is 19.6 Å². The number of aliphatic hydroxyl groups excluding tert-OH is 1. The first-order chi connectivity index (χ1) is 13.6. The van der Waals surface area contributed by atoms with Gasteiger partial charge in [-0.05, 0) is 36.8 Å². The number of para-hydroxylation sites is 1. The van der Waals surface area contributed by atoms with Gasteiger partial charge in [0.1, 0.15) is 30.8 Å². The van der Waals surface area contributed by atoms with Gasteiger partial charge in [-0.15, -0.1) is 11.3 Å². The molecular formula is C21H22N2O4S. The van der Waals surface area contributed by atoms with E-state index in [0.29, 0.717) is 23.7 Å². The van der Waals surface area contributed by atoms with Crippen LogP contribution in [0, 0.1) is 6.92 Å². The fourth-order valence-electron chi connectivity index (χ4n) is 2.50. The first-order valence-electron chi connectivity index (χ1n) is 8.86. The van der Waals surface area contributed by atoms with Gasteiger partial charge in [0.2, 0.25) is 0 Å². The smallest absolute Gasteiger partial charge is 0.255 e. The first kappa shape index (κ1) is 19.9. The zero-order valence-corrected chi connectivity index (χ0v) is 16.3. The van der Waals surface area contributed by atoms with Crippen molar-refractivity contribution in [3.05, 3.63) is 76.2 Å². The Hall–Kier alpha value is -2.90. The lowest BCUT2D eigenvalue weighted by Crippen LogP contribution is -2.35. The molecule has 2 aromatic carbocycles. The van der Waals surface area contributed by atoms with Crippen LogP contribution in [-0.2, 0) is 6.61 Å². The van der Waals surface area contributed by atoms with Gasteiger partial charge in [-0.3, -0.25) is 4.79 Å². The predicted octanol–water partition coefficient (Wildman–Crippen LogP) is 3.20. The lowest BCUT2D eigenvalue weighted by atomic mass is 10.2. The van der Waals surface area contributed by atoms with Crippen molar-refractivity contribution in [1.82, 2.24) is 10.3 Å². The molecule has 0 saturated heterocycles. The highest BCUT2D eigenvalue weighted by Crippen LogP contribution is 2.19. The Kier molecular flexibility index (Phi) is 7.00. The highest BCUT2D eigenvalue weighted by atomic mass is 32.1. The lowest BCUT2D eigenvalue weighted by Gasteiger charge is -2.15. The second kappa shape index (κ2) is 9.87. The molecule has 6 nitrogen and oxygen atoms in total. The molecule has 3 rings (SSSR count). The van der Waals surface area contributed by atoms with E-state index in [2.05, 4.69) is 10.3 Å². The highest BCUT2D eigenvalue weighted by Gasteiger charge is 2.14. The topological polar surface area (TPSA) is 80.7 Å². The highest BCUT2D eigenvalue weighted by molar-refractivity contribution is 7.07. The van der Waals surface area contributed by atoms with Gasteiger partial charge in [0.25, 0.3) is 5.91 Å². The molecule has 0 saturated carbocycles. The third kappa shape index (κ3) is 5.80. The summed E-state index contributed by atoms with van der Waals surface area (Å²) in [5, 5.41) is 14.7. The molecule has 146 valence electrons. The van der Waals surface area contributed by atoms with E-state index in [1.165, 1.54) is 11.3 Å². The maximum absolute atomic E-state index is 12.5. The van der Waals surface area contributed by atoms with Gasteiger partial charge < -0.3 is 19.9 Å². The van der Waals surface area contributed by atoms with E-state index in [4.69, 9.17) is 9.47 Å². The molecule has 28 heavy (non-hydrogen) atoms. The number of aryl methyl sites for hydroxylation is 1. The van der Waals surface area contributed by atoms with Gasteiger partial charge in [0.15, 0.2) is 0 Å². The molecule has 7 heteroatoms. The molecule has 1 aromatic heterocycles. The van der Waals surface area contributed by atoms with Gasteiger partial charge in [-0.25, -0.2) is 4.98 Å². The third-order valence-electron chi connectivity index (χ3n) is 3.92. The molecule has 3 aromatic rings. The van der Waals surface area contributed by atoms with Crippen molar-refractivity contribution in [2.75, 3.05) is 13.2 Å². The molecule has 1 unspecified atom stereocenters. The van der Waals surface area contributed by atoms with Crippen LogP contribution >= 0.6 is 11.3 Å². The molecule has 1 amide bonds. The largest absolute Gasteiger partial charge is 0.491 e. The molecule has 0 bridgehead atoms. The maximum atomic E-state index is 12.5. The summed E-state index contributed by atoms with van der Waals surface area (Å²) in [7, 11) is 0. The van der Waals surface area contributed by atoms with E-state index in [1.54, 1.807) is 29.8 Å². The standard InChI is InChI=1S/C21H22N2O4S/c1-15-5-4-6-18(9-15)26-12-17(24)10-22-21(25)19-7-2-3-8-20(19)27-11-16-13-28-14-23-16/h2-9,13-14,17,24H,10-12H2,1H3,(H,22,25). The zero-order chi connectivity index (χ0) is 19.8. The van der Waals surface area contributed by atoms with Gasteiger partial charge >= 0.3 is 0 Å². The molecule has 1 atom stereocenters. The zero-order valence-electron chi connectivity index (χ0n) is 15.5. The number of hydrogen-bond acceptors (Lipinski definition) is 6. The second-order valence-electron chi connectivity index (χ2n) is 6.26. The minimum atomic E-state index is -0.826. The average Bonchev–Trinajstić information content (AvgIpc) is 3.23. The third-order valence-corrected chi connectivity index (χ3v) is 4.56. The molecule has 0 spiro atoms. The van der Waals surface area contributed by atoms with Gasteiger partial charge in [0.05, 0.1) is 16.8 Å². The lowest BCUT2D eigenvalue weighted by molar-refractivity contribution is 0.0840. The normalized spacial score (nSPS) is 11.6. The van der Waals surface area contributed by atoms with E-state index < -0.39 is 6.10 Å². The van der Waals surface area contributed by atoms with E-state index in [0.717, 1.165) is 11.3 Å². The summed E-state index contributed by atoms with van der Waals surface area (Å²) < 4.78 is 11.3. The van der Waals surface area contributed by atoms with Crippen LogP contribution in [0.3, 0.4) is 0 Å². The van der Waals surface area contributed by atoms with Crippen LogP contribution in [0.1, 0.15) is 21.6 Å². The Morgan fingerprint density at radius 3 is 2.86 bits per heavy atom. The Labute approximate surface area is 167 Å². The summed E-state index contributed by atoms with van der Waals surface area (Å²) in [6.07, 6.45) is -0.826. The van der Waals surface area contributed by atoms with Gasteiger partial charge in [-0.1, -0.05) is 24.3 Å². The van der Waals surface area contributed by atoms with Crippen LogP contribution < -0.4 is 14.8 Å². The molecule has 0 aliphatic heterocycles. The molecule has 0 radical (unpaired) electrons. The number of hydrogen-bond donors (Lipinski definition) is 2. The monoisotopic (exact) mass is 398 g/mol. The number of carbonyl (C=O) groups excluding carboxylic acids is 1. The molecule has 0 aliphatic rings. The minimum Gasteiger partial charge on any atom is -0.491 e. The van der Waals surface area contributed by atoms with E-state index in [1.807, 2.05) is 36.6 Å². The summed E-state index contributed by atoms with van der Waals surface area (Å²) in [6.45, 7) is 2.43. The molecular weight excluding hydrogens is 376 g/mol. The second-order valence-corrected chi connectivity index (χ2v) is 6.97.